The Kier molecular flexibility index (Phi) is 15.9. The van der Waals surface area contributed by atoms with Crippen LogP contribution in [0.25, 0.3) is 22.3 Å². The molecule has 62 heavy (non-hydrogen) atoms. The van der Waals surface area contributed by atoms with Gasteiger partial charge in [-0.25, -0.2) is 13.6 Å². The molecule has 18 heteroatoms. The van der Waals surface area contributed by atoms with Gasteiger partial charge in [-0.2, -0.15) is 0 Å². The Hall–Kier alpha value is -5.82. The van der Waals surface area contributed by atoms with E-state index in [1.165, 1.54) is 62.2 Å². The van der Waals surface area contributed by atoms with Crippen LogP contribution < -0.4 is 32.1 Å². The molecule has 1 heterocycles. The van der Waals surface area contributed by atoms with Crippen molar-refractivity contribution in [1.29, 1.82) is 0 Å². The minimum Gasteiger partial charge on any atom is -0.507 e. The maximum atomic E-state index is 14.6. The first-order valence-electron chi connectivity index (χ1n) is 19.9. The fraction of sp³-hybridized carbons (Fsp3) is 0.318. The van der Waals surface area contributed by atoms with E-state index >= 15 is 0 Å². The number of aromatic hydroxyl groups is 2. The first kappa shape index (κ1) is 47.2. The largest absolute Gasteiger partial charge is 0.507 e. The molecule has 4 aromatic carbocycles. The van der Waals surface area contributed by atoms with E-state index in [1.807, 2.05) is 12.1 Å². The van der Waals surface area contributed by atoms with Crippen molar-refractivity contribution in [3.05, 3.63) is 118 Å². The third-order valence-corrected chi connectivity index (χ3v) is 11.2. The molecule has 0 spiro atoms. The third kappa shape index (κ3) is 12.4. The van der Waals surface area contributed by atoms with Crippen LogP contribution >= 0.6 is 11.6 Å². The average Bonchev–Trinajstić information content (AvgIpc) is 3.23. The number of unbranched alkanes of at least 4 members (excludes halogenated alkanes) is 1. The molecule has 0 aromatic heterocycles. The fourth-order valence-corrected chi connectivity index (χ4v) is 7.61. The molecule has 1 unspecified atom stereocenters. The number of hydrogen-bond donors (Lipinski definition) is 9. The van der Waals surface area contributed by atoms with E-state index < -0.39 is 70.1 Å². The van der Waals surface area contributed by atoms with Gasteiger partial charge in [0.2, 0.25) is 27.7 Å². The lowest BCUT2D eigenvalue weighted by Crippen LogP contribution is -2.58. The van der Waals surface area contributed by atoms with Crippen LogP contribution in [0.5, 0.6) is 11.5 Å². The predicted octanol–water partition coefficient (Wildman–Crippen LogP) is 3.16. The molecule has 11 N–H and O–H groups in total. The normalized spacial score (nSPS) is 19.1. The van der Waals surface area contributed by atoms with Crippen molar-refractivity contribution >= 4 is 45.3 Å². The second kappa shape index (κ2) is 20.8. The number of phenols is 2. The summed E-state index contributed by atoms with van der Waals surface area (Å²) in [5.74, 6) is -3.06. The van der Waals surface area contributed by atoms with E-state index in [-0.39, 0.29) is 41.0 Å². The molecule has 4 amide bonds. The van der Waals surface area contributed by atoms with Crippen molar-refractivity contribution in [2.45, 2.75) is 76.0 Å². The molecule has 5 rings (SSSR count). The van der Waals surface area contributed by atoms with E-state index in [1.54, 1.807) is 42.5 Å². The number of nitrogens with one attached hydrogen (secondary N) is 4. The highest BCUT2D eigenvalue weighted by atomic mass is 35.5. The second-order valence-corrected chi connectivity index (χ2v) is 17.1. The highest BCUT2D eigenvalue weighted by Crippen LogP contribution is 2.39. The van der Waals surface area contributed by atoms with Crippen LogP contribution in [-0.4, -0.2) is 96.3 Å². The fourth-order valence-electron chi connectivity index (χ4n) is 7.03. The van der Waals surface area contributed by atoms with Crippen LogP contribution in [0.15, 0.2) is 96.4 Å². The molecule has 0 radical (unpaired) electrons. The number of carbonyl (C=O) groups is 4. The number of fused-ring (bicyclic) bond motifs is 5. The number of aliphatic hydroxyl groups excluding tert-OH is 1. The smallest absolute Gasteiger partial charge is 0.251 e. The minimum atomic E-state index is -3.98. The highest BCUT2D eigenvalue weighted by Gasteiger charge is 2.36. The molecule has 4 aromatic rings. The third-order valence-electron chi connectivity index (χ3n) is 10.4. The lowest BCUT2D eigenvalue weighted by molar-refractivity contribution is -0.141. The van der Waals surface area contributed by atoms with E-state index in [2.05, 4.69) is 21.3 Å². The number of likely N-dealkylation sites (N-methyl/N-ethyl adjacent to an activating group) is 1. The van der Waals surface area contributed by atoms with Gasteiger partial charge in [0.05, 0.1) is 12.1 Å². The Morgan fingerprint density at radius 1 is 0.935 bits per heavy atom. The number of phenolic OH excluding ortho intramolecular Hbond substituents is 2. The number of carbonyl (C=O) groups excluding carboxylic acids is 4. The van der Waals surface area contributed by atoms with Crippen LogP contribution in [0.1, 0.15) is 60.6 Å². The molecule has 330 valence electrons. The van der Waals surface area contributed by atoms with Gasteiger partial charge in [0.25, 0.3) is 5.91 Å². The number of nitrogens with two attached hydrogens (primary N) is 2. The molecule has 6 atom stereocenters. The Bertz CT molecular complexity index is 2400. The highest BCUT2D eigenvalue weighted by molar-refractivity contribution is 7.92. The SMILES string of the molecule is C[C@@H]1NC(=O)[C@@H](N(C)C(=O)[C@H](CCCCN)NC(=O)c2ccc(-c3ccc(Cl)cc3)cc2)c2ccc(O)c(c2)-c2cc(ccc2O)C[C@@H](C(=O)N[C@@H](C)/C=C/S(N)(=O)=O)NC1O. The summed E-state index contributed by atoms with van der Waals surface area (Å²) in [4.78, 5) is 57.4. The van der Waals surface area contributed by atoms with Crippen molar-refractivity contribution in [2.24, 2.45) is 10.9 Å². The lowest BCUT2D eigenvalue weighted by atomic mass is 9.93. The predicted molar refractivity (Wildman–Crippen MR) is 236 cm³/mol. The van der Waals surface area contributed by atoms with E-state index in [4.69, 9.17) is 22.5 Å². The average molecular weight is 890 g/mol. The number of rotatable bonds is 13. The molecule has 4 bridgehead atoms. The quantitative estimate of drug-likeness (QED) is 0.0881. The first-order chi connectivity index (χ1) is 29.3. The van der Waals surface area contributed by atoms with E-state index in [9.17, 15) is 42.9 Å². The van der Waals surface area contributed by atoms with Gasteiger partial charge >= 0.3 is 0 Å². The van der Waals surface area contributed by atoms with E-state index in [0.29, 0.717) is 35.5 Å². The van der Waals surface area contributed by atoms with Crippen LogP contribution in [-0.2, 0) is 30.8 Å². The zero-order chi connectivity index (χ0) is 45.3. The van der Waals surface area contributed by atoms with Crippen LogP contribution in [0.2, 0.25) is 5.02 Å². The number of aliphatic hydroxyl groups is 1. The van der Waals surface area contributed by atoms with Gasteiger partial charge in [-0.05, 0) is 123 Å². The van der Waals surface area contributed by atoms with Gasteiger partial charge in [-0.3, -0.25) is 24.5 Å². The lowest BCUT2D eigenvalue weighted by Gasteiger charge is -2.33. The van der Waals surface area contributed by atoms with Crippen molar-refractivity contribution in [3.63, 3.8) is 0 Å². The zero-order valence-corrected chi connectivity index (χ0v) is 36.0. The topological polar surface area (TPSA) is 267 Å². The molecule has 16 nitrogen and oxygen atoms in total. The van der Waals surface area contributed by atoms with Gasteiger partial charge in [-0.1, -0.05) is 48.0 Å². The van der Waals surface area contributed by atoms with Crippen molar-refractivity contribution in [2.75, 3.05) is 13.6 Å². The number of primary sulfonamides is 1. The number of halogens is 1. The van der Waals surface area contributed by atoms with Gasteiger partial charge in [0.1, 0.15) is 29.8 Å². The van der Waals surface area contributed by atoms with Gasteiger partial charge in [-0.15, -0.1) is 0 Å². The molecule has 1 aliphatic heterocycles. The summed E-state index contributed by atoms with van der Waals surface area (Å²) >= 11 is 6.04. The van der Waals surface area contributed by atoms with Crippen LogP contribution in [0, 0.1) is 0 Å². The number of sulfonamides is 1. The van der Waals surface area contributed by atoms with Gasteiger partial charge in [0, 0.05) is 40.2 Å². The summed E-state index contributed by atoms with van der Waals surface area (Å²) in [6.45, 7) is 3.35. The van der Waals surface area contributed by atoms with Gasteiger partial charge < -0.3 is 41.9 Å². The summed E-state index contributed by atoms with van der Waals surface area (Å²) in [6.07, 6.45) is 0.778. The Morgan fingerprint density at radius 3 is 2.18 bits per heavy atom. The van der Waals surface area contributed by atoms with Crippen LogP contribution in [0.3, 0.4) is 0 Å². The summed E-state index contributed by atoms with van der Waals surface area (Å²) in [5, 5.41) is 51.0. The first-order valence-corrected chi connectivity index (χ1v) is 21.9. The number of nitrogens with zero attached hydrogens (tertiary/aromatic N) is 1. The molecule has 0 aliphatic carbocycles. The Balaban J connectivity index is 1.48. The number of hydrogen-bond acceptors (Lipinski definition) is 11. The summed E-state index contributed by atoms with van der Waals surface area (Å²) < 4.78 is 22.9. The zero-order valence-electron chi connectivity index (χ0n) is 34.4. The molecule has 0 fully saturated rings. The van der Waals surface area contributed by atoms with Crippen molar-refractivity contribution in [3.8, 4) is 33.8 Å². The Morgan fingerprint density at radius 2 is 1.55 bits per heavy atom. The summed E-state index contributed by atoms with van der Waals surface area (Å²) in [5.41, 5.74) is 8.77. The maximum Gasteiger partial charge on any atom is 0.251 e. The van der Waals surface area contributed by atoms with Crippen molar-refractivity contribution < 1.29 is 42.9 Å². The molecular formula is C44H52ClN7O9S. The number of benzene rings is 4. The number of amides is 4. The molecule has 0 saturated heterocycles. The van der Waals surface area contributed by atoms with Gasteiger partial charge in [0.15, 0.2) is 0 Å². The molecule has 1 aliphatic rings. The monoisotopic (exact) mass is 889 g/mol. The standard InChI is InChI=1S/C44H52ClN7O9S/c1-25(19-21-62(47,60)61)48-42(57)36-23-27-7-17-37(53)33(22-27)34-24-31(14-18-38(34)54)39(43(58)49-26(2)40(55)51-36)52(3)44(59)35(6-4-5-20-46)50-41(56)30-10-8-28(9-11-30)29-12-15-32(45)16-13-29/h7-19,21-22,24-26,35-36,39-40,51,53-55H,4-6,20,23,46H2,1-3H3,(H,48,57)(H,49,58)(H,50,56)(H2,47,60,61)/b21-19+/t25-,26-,35-,36-,39-,40?/m0/s1. The summed E-state index contributed by atoms with van der Waals surface area (Å²) in [7, 11) is -2.58. The minimum absolute atomic E-state index is 0.0630. The second-order valence-electron chi connectivity index (χ2n) is 15.3. The molecular weight excluding hydrogens is 838 g/mol. The Labute approximate surface area is 365 Å². The maximum absolute atomic E-state index is 14.6. The van der Waals surface area contributed by atoms with Crippen LogP contribution in [0.4, 0.5) is 0 Å². The van der Waals surface area contributed by atoms with E-state index in [0.717, 1.165) is 16.5 Å². The molecule has 0 saturated carbocycles. The summed E-state index contributed by atoms with van der Waals surface area (Å²) in [6, 6.07) is 17.2. The van der Waals surface area contributed by atoms with Crippen molar-refractivity contribution in [1.82, 2.24) is 26.2 Å².